The second-order valence-electron chi connectivity index (χ2n) is 6.57. The molecule has 0 saturated heterocycles. The first-order valence-corrected chi connectivity index (χ1v) is 11.1. The van der Waals surface area contributed by atoms with Crippen molar-refractivity contribution in [3.63, 3.8) is 0 Å². The van der Waals surface area contributed by atoms with Crippen LogP contribution in [-0.4, -0.2) is 41.0 Å². The van der Waals surface area contributed by atoms with Crippen LogP contribution in [-0.2, 0) is 4.79 Å². The summed E-state index contributed by atoms with van der Waals surface area (Å²) in [5.41, 5.74) is 3.39. The van der Waals surface area contributed by atoms with Gasteiger partial charge in [0.25, 0.3) is 0 Å². The Morgan fingerprint density at radius 2 is 1.83 bits per heavy atom. The molecule has 8 heteroatoms. The first kappa shape index (κ1) is 20.3. The zero-order valence-electron chi connectivity index (χ0n) is 16.8. The molecule has 6 nitrogen and oxygen atoms in total. The molecular weight excluding hydrogens is 416 g/mol. The Morgan fingerprint density at radius 1 is 1.10 bits per heavy atom. The molecule has 2 aromatic carbocycles. The van der Waals surface area contributed by atoms with Gasteiger partial charge in [-0.2, -0.15) is 0 Å². The average Bonchev–Trinajstić information content (AvgIpc) is 3.19. The number of hydrogen-bond acceptors (Lipinski definition) is 7. The van der Waals surface area contributed by atoms with Gasteiger partial charge in [-0.15, -0.1) is 21.5 Å². The lowest BCUT2D eigenvalue weighted by atomic mass is 10.1. The Bertz CT molecular complexity index is 1180. The van der Waals surface area contributed by atoms with Crippen LogP contribution in [0.4, 0.5) is 5.69 Å². The predicted molar refractivity (Wildman–Crippen MR) is 123 cm³/mol. The summed E-state index contributed by atoms with van der Waals surface area (Å²) in [7, 11) is 3.42. The molecule has 0 unspecified atom stereocenters. The fourth-order valence-electron chi connectivity index (χ4n) is 2.98. The van der Waals surface area contributed by atoms with Crippen LogP contribution in [0.15, 0.2) is 59.6 Å². The first-order valence-electron chi connectivity index (χ1n) is 9.29. The van der Waals surface area contributed by atoms with Crippen molar-refractivity contribution >= 4 is 44.9 Å². The van der Waals surface area contributed by atoms with Crippen molar-refractivity contribution in [3.05, 3.63) is 59.6 Å². The van der Waals surface area contributed by atoms with E-state index in [4.69, 9.17) is 4.74 Å². The molecule has 0 aliphatic rings. The quantitative estimate of drug-likeness (QED) is 0.404. The summed E-state index contributed by atoms with van der Waals surface area (Å²) in [6, 6.07) is 17.3. The highest BCUT2D eigenvalue weighted by Crippen LogP contribution is 2.35. The number of aryl methyl sites for hydroxylation is 1. The van der Waals surface area contributed by atoms with Gasteiger partial charge in [-0.1, -0.05) is 30.0 Å². The Balaban J connectivity index is 1.59. The third-order valence-electron chi connectivity index (χ3n) is 4.61. The van der Waals surface area contributed by atoms with Crippen molar-refractivity contribution in [1.29, 1.82) is 0 Å². The minimum absolute atomic E-state index is 0.00710. The van der Waals surface area contributed by atoms with Gasteiger partial charge in [0.2, 0.25) is 5.91 Å². The van der Waals surface area contributed by atoms with Crippen LogP contribution in [0.5, 0.6) is 5.75 Å². The summed E-state index contributed by atoms with van der Waals surface area (Å²) in [4.78, 5) is 18.9. The number of hydrogen-bond donors (Lipinski definition) is 0. The van der Waals surface area contributed by atoms with Gasteiger partial charge < -0.3 is 9.64 Å². The van der Waals surface area contributed by atoms with Crippen molar-refractivity contribution in [1.82, 2.24) is 15.2 Å². The SMILES string of the molecule is COc1ccc(-c2nnc(SCC(=O)N(C)c3ccccc3)c3nc(C)sc23)cc1. The molecule has 0 spiro atoms. The predicted octanol–water partition coefficient (Wildman–Crippen LogP) is 4.83. The number of fused-ring (bicyclic) bond motifs is 1. The summed E-state index contributed by atoms with van der Waals surface area (Å²) in [6.45, 7) is 1.96. The zero-order valence-corrected chi connectivity index (χ0v) is 18.5. The van der Waals surface area contributed by atoms with Gasteiger partial charge in [0.15, 0.2) is 0 Å². The summed E-state index contributed by atoms with van der Waals surface area (Å²) < 4.78 is 6.21. The molecule has 0 bridgehead atoms. The van der Waals surface area contributed by atoms with Gasteiger partial charge >= 0.3 is 0 Å². The molecule has 30 heavy (non-hydrogen) atoms. The van der Waals surface area contributed by atoms with E-state index < -0.39 is 0 Å². The van der Waals surface area contributed by atoms with E-state index in [2.05, 4.69) is 15.2 Å². The molecule has 2 aromatic heterocycles. The van der Waals surface area contributed by atoms with Crippen LogP contribution < -0.4 is 9.64 Å². The number of nitrogens with zero attached hydrogens (tertiary/aromatic N) is 4. The number of para-hydroxylation sites is 1. The normalized spacial score (nSPS) is 10.9. The van der Waals surface area contributed by atoms with Crippen LogP contribution in [0.1, 0.15) is 5.01 Å². The lowest BCUT2D eigenvalue weighted by molar-refractivity contribution is -0.115. The fraction of sp³-hybridized carbons (Fsp3) is 0.182. The maximum Gasteiger partial charge on any atom is 0.237 e. The van der Waals surface area contributed by atoms with Gasteiger partial charge in [-0.3, -0.25) is 4.79 Å². The Kier molecular flexibility index (Phi) is 5.96. The zero-order chi connectivity index (χ0) is 21.1. The summed E-state index contributed by atoms with van der Waals surface area (Å²) in [6.07, 6.45) is 0. The minimum atomic E-state index is -0.00710. The molecule has 0 aliphatic carbocycles. The van der Waals surface area contributed by atoms with Crippen LogP contribution in [0.2, 0.25) is 0 Å². The van der Waals surface area contributed by atoms with Crippen LogP contribution in [0.3, 0.4) is 0 Å². The molecule has 0 atom stereocenters. The number of thioether (sulfide) groups is 1. The van der Waals surface area contributed by atoms with Crippen LogP contribution in [0, 0.1) is 6.92 Å². The van der Waals surface area contributed by atoms with Crippen molar-refractivity contribution in [2.24, 2.45) is 0 Å². The second kappa shape index (κ2) is 8.81. The third kappa shape index (κ3) is 4.15. The molecular formula is C22H20N4O2S2. The monoisotopic (exact) mass is 436 g/mol. The number of ether oxygens (including phenoxy) is 1. The van der Waals surface area contributed by atoms with E-state index in [1.54, 1.807) is 30.4 Å². The average molecular weight is 437 g/mol. The largest absolute Gasteiger partial charge is 0.497 e. The van der Waals surface area contributed by atoms with E-state index in [1.807, 2.05) is 61.5 Å². The van der Waals surface area contributed by atoms with Gasteiger partial charge in [-0.05, 0) is 43.3 Å². The number of benzene rings is 2. The van der Waals surface area contributed by atoms with Crippen molar-refractivity contribution < 1.29 is 9.53 Å². The van der Waals surface area contributed by atoms with Crippen LogP contribution >= 0.6 is 23.1 Å². The molecule has 1 amide bonds. The molecule has 0 N–H and O–H groups in total. The van der Waals surface area contributed by atoms with Crippen LogP contribution in [0.25, 0.3) is 21.5 Å². The summed E-state index contributed by atoms with van der Waals surface area (Å²) in [5.74, 6) is 1.04. The topological polar surface area (TPSA) is 68.2 Å². The molecule has 0 radical (unpaired) electrons. The van der Waals surface area contributed by atoms with E-state index >= 15 is 0 Å². The minimum Gasteiger partial charge on any atom is -0.497 e. The van der Waals surface area contributed by atoms with E-state index in [0.717, 1.165) is 37.9 Å². The highest BCUT2D eigenvalue weighted by molar-refractivity contribution is 8.00. The third-order valence-corrected chi connectivity index (χ3v) is 6.52. The fourth-order valence-corrected chi connectivity index (χ4v) is 4.81. The van der Waals surface area contributed by atoms with Crippen molar-refractivity contribution in [2.45, 2.75) is 11.9 Å². The van der Waals surface area contributed by atoms with Gasteiger partial charge in [0.05, 0.1) is 22.6 Å². The lowest BCUT2D eigenvalue weighted by Gasteiger charge is -2.16. The highest BCUT2D eigenvalue weighted by Gasteiger charge is 2.18. The smallest absolute Gasteiger partial charge is 0.237 e. The summed E-state index contributed by atoms with van der Waals surface area (Å²) in [5, 5.41) is 10.5. The molecule has 0 aliphatic heterocycles. The number of methoxy groups -OCH3 is 1. The Morgan fingerprint density at radius 3 is 2.53 bits per heavy atom. The second-order valence-corrected chi connectivity index (χ2v) is 8.74. The van der Waals surface area contributed by atoms with Crippen molar-refractivity contribution in [2.75, 3.05) is 24.8 Å². The van der Waals surface area contributed by atoms with E-state index in [9.17, 15) is 4.79 Å². The number of carbonyl (C=O) groups is 1. The number of thiazole rings is 1. The number of rotatable bonds is 6. The van der Waals surface area contributed by atoms with Gasteiger partial charge in [-0.25, -0.2) is 4.98 Å². The van der Waals surface area contributed by atoms with Gasteiger partial charge in [0, 0.05) is 18.3 Å². The molecule has 152 valence electrons. The molecule has 4 rings (SSSR count). The maximum absolute atomic E-state index is 12.6. The number of anilines is 1. The van der Waals surface area contributed by atoms with Gasteiger partial charge in [0.1, 0.15) is 22.0 Å². The maximum atomic E-state index is 12.6. The molecule has 0 fully saturated rings. The highest BCUT2D eigenvalue weighted by atomic mass is 32.2. The number of carbonyl (C=O) groups excluding carboxylic acids is 1. The molecule has 2 heterocycles. The van der Waals surface area contributed by atoms with E-state index in [0.29, 0.717) is 5.03 Å². The first-order chi connectivity index (χ1) is 14.6. The summed E-state index contributed by atoms with van der Waals surface area (Å²) >= 11 is 2.95. The molecule has 4 aromatic rings. The van der Waals surface area contributed by atoms with E-state index in [-0.39, 0.29) is 11.7 Å². The number of aromatic nitrogens is 3. The number of amides is 1. The Labute approximate surface area is 182 Å². The molecule has 0 saturated carbocycles. The Hall–Kier alpha value is -2.97. The van der Waals surface area contributed by atoms with Crippen molar-refractivity contribution in [3.8, 4) is 17.0 Å². The lowest BCUT2D eigenvalue weighted by Crippen LogP contribution is -2.27. The van der Waals surface area contributed by atoms with E-state index in [1.165, 1.54) is 11.8 Å². The standard InChI is InChI=1S/C22H20N4O2S2/c1-14-23-20-21(30-14)19(15-9-11-17(28-3)12-10-15)24-25-22(20)29-13-18(27)26(2)16-7-5-4-6-8-16/h4-12H,13H2,1-3H3.